The highest BCUT2D eigenvalue weighted by atomic mass is 16.7. The summed E-state index contributed by atoms with van der Waals surface area (Å²) in [5.74, 6) is -1.19. The number of hydrogen-bond donors (Lipinski definition) is 3. The van der Waals surface area contributed by atoms with Gasteiger partial charge < -0.3 is 39.4 Å². The van der Waals surface area contributed by atoms with Crippen LogP contribution in [0.4, 0.5) is 0 Å². The summed E-state index contributed by atoms with van der Waals surface area (Å²) < 4.78 is 25.2. The lowest BCUT2D eigenvalue weighted by molar-refractivity contribution is -0.255. The first-order chi connectivity index (χ1) is 24.4. The van der Waals surface area contributed by atoms with E-state index in [9.17, 15) is 14.7 Å². The number of nitrogens with zero attached hydrogens (tertiary/aromatic N) is 1. The molecule has 10 nitrogen and oxygen atoms in total. The van der Waals surface area contributed by atoms with Gasteiger partial charge in [-0.2, -0.15) is 0 Å². The number of carboxylic acids is 1. The summed E-state index contributed by atoms with van der Waals surface area (Å²) in [6, 6.07) is 24.4. The molecular formula is C40H50N2O8. The number of benzene rings is 3. The number of ether oxygens (including phenoxy) is 4. The third kappa shape index (κ3) is 9.99. The Balaban J connectivity index is 1.09. The Morgan fingerprint density at radius 2 is 1.50 bits per heavy atom. The maximum atomic E-state index is 12.4. The molecule has 6 rings (SSSR count). The standard InChI is InChI=1S/C40H50N2O8/c43-28-29-13-15-31(16-14-29)36-25-35(27-42-19-17-40(18-20-42)47-21-22-48-40)49-39(50-36)34-10-6-9-33(24-34)32-8-5-7-30(23-32)26-41-37(44)11-3-1-2-4-12-38(45)46/h5-10,13-16,23-24,35-36,39,43H,1-4,11-12,17-22,25-28H2,(H,41,44)(H,45,46). The molecule has 3 N–H and O–H groups in total. The second-order valence-electron chi connectivity index (χ2n) is 13.7. The molecule has 0 bridgehead atoms. The minimum atomic E-state index is -0.774. The number of carbonyl (C=O) groups excluding carboxylic acids is 1. The molecule has 3 aliphatic rings. The Bertz CT molecular complexity index is 1550. The summed E-state index contributed by atoms with van der Waals surface area (Å²) in [7, 11) is 0. The zero-order valence-corrected chi connectivity index (χ0v) is 28.8. The first-order valence-corrected chi connectivity index (χ1v) is 18.1. The number of likely N-dealkylation sites (tertiary alicyclic amines) is 1. The molecule has 3 heterocycles. The Morgan fingerprint density at radius 3 is 2.22 bits per heavy atom. The maximum absolute atomic E-state index is 12.4. The molecule has 0 aliphatic carbocycles. The molecular weight excluding hydrogens is 636 g/mol. The van der Waals surface area contributed by atoms with Gasteiger partial charge in [0, 0.05) is 63.8 Å². The highest BCUT2D eigenvalue weighted by Crippen LogP contribution is 2.40. The lowest BCUT2D eigenvalue weighted by Gasteiger charge is -2.41. The van der Waals surface area contributed by atoms with Gasteiger partial charge >= 0.3 is 5.97 Å². The Kier molecular flexibility index (Phi) is 12.7. The molecule has 1 amide bonds. The van der Waals surface area contributed by atoms with E-state index < -0.39 is 18.0 Å². The van der Waals surface area contributed by atoms with Crippen LogP contribution in [0.15, 0.2) is 72.8 Å². The van der Waals surface area contributed by atoms with E-state index in [0.717, 1.165) is 91.5 Å². The summed E-state index contributed by atoms with van der Waals surface area (Å²) in [6.07, 6.45) is 5.36. The Hall–Kier alpha value is -3.64. The number of aliphatic carboxylic acids is 1. The fraction of sp³-hybridized carbons (Fsp3) is 0.500. The van der Waals surface area contributed by atoms with Gasteiger partial charge in [-0.3, -0.25) is 9.59 Å². The minimum Gasteiger partial charge on any atom is -0.481 e. The Morgan fingerprint density at radius 1 is 0.800 bits per heavy atom. The van der Waals surface area contributed by atoms with Crippen molar-refractivity contribution in [3.05, 3.63) is 95.1 Å². The summed E-state index contributed by atoms with van der Waals surface area (Å²) >= 11 is 0. The number of rotatable bonds is 15. The molecule has 50 heavy (non-hydrogen) atoms. The summed E-state index contributed by atoms with van der Waals surface area (Å²) in [5, 5.41) is 21.4. The van der Waals surface area contributed by atoms with Crippen LogP contribution in [0.5, 0.6) is 0 Å². The Labute approximate surface area is 294 Å². The SMILES string of the molecule is O=C(O)CCCCCCC(=O)NCc1cccc(-c2cccc(C3OC(CN4CCC5(CC4)OCCO5)CC(c4ccc(CO)cc4)O3)c2)c1. The van der Waals surface area contributed by atoms with E-state index in [1.54, 1.807) is 0 Å². The van der Waals surface area contributed by atoms with Gasteiger partial charge in [0.1, 0.15) is 0 Å². The zero-order chi connectivity index (χ0) is 34.8. The number of unbranched alkanes of at least 4 members (excludes halogenated alkanes) is 3. The predicted molar refractivity (Wildman–Crippen MR) is 188 cm³/mol. The highest BCUT2D eigenvalue weighted by Gasteiger charge is 2.41. The molecule has 268 valence electrons. The van der Waals surface area contributed by atoms with E-state index in [0.29, 0.717) is 32.6 Å². The molecule has 3 unspecified atom stereocenters. The second kappa shape index (κ2) is 17.5. The highest BCUT2D eigenvalue weighted by molar-refractivity contribution is 5.76. The average Bonchev–Trinajstić information content (AvgIpc) is 3.61. The number of carbonyl (C=O) groups is 2. The first kappa shape index (κ1) is 36.2. The third-order valence-corrected chi connectivity index (χ3v) is 9.96. The number of aliphatic hydroxyl groups excluding tert-OH is 1. The van der Waals surface area contributed by atoms with Crippen LogP contribution in [-0.4, -0.2) is 71.7 Å². The molecule has 3 saturated heterocycles. The average molecular weight is 687 g/mol. The summed E-state index contributed by atoms with van der Waals surface area (Å²) in [5.41, 5.74) is 5.96. The van der Waals surface area contributed by atoms with Gasteiger partial charge in [0.05, 0.1) is 32.0 Å². The number of hydrogen-bond acceptors (Lipinski definition) is 8. The van der Waals surface area contributed by atoms with Crippen molar-refractivity contribution in [1.29, 1.82) is 0 Å². The van der Waals surface area contributed by atoms with E-state index >= 15 is 0 Å². The fourth-order valence-corrected chi connectivity index (χ4v) is 7.11. The van der Waals surface area contributed by atoms with E-state index in [1.165, 1.54) is 0 Å². The topological polar surface area (TPSA) is 127 Å². The van der Waals surface area contributed by atoms with Crippen molar-refractivity contribution in [2.75, 3.05) is 32.8 Å². The van der Waals surface area contributed by atoms with Gasteiger partial charge in [-0.15, -0.1) is 0 Å². The van der Waals surface area contributed by atoms with Gasteiger partial charge in [-0.25, -0.2) is 0 Å². The normalized spacial score (nSPS) is 22.1. The number of carboxylic acid groups (broad SMARTS) is 1. The van der Waals surface area contributed by atoms with Gasteiger partial charge in [0.15, 0.2) is 12.1 Å². The molecule has 0 aromatic heterocycles. The van der Waals surface area contributed by atoms with Crippen molar-refractivity contribution in [2.24, 2.45) is 0 Å². The van der Waals surface area contributed by atoms with E-state index in [2.05, 4.69) is 34.5 Å². The molecule has 3 aromatic rings. The van der Waals surface area contributed by atoms with E-state index in [-0.39, 0.29) is 31.1 Å². The number of amides is 1. The molecule has 3 aliphatic heterocycles. The van der Waals surface area contributed by atoms with Gasteiger partial charge in [-0.1, -0.05) is 73.5 Å². The molecule has 3 aromatic carbocycles. The van der Waals surface area contributed by atoms with Crippen LogP contribution in [0.1, 0.15) is 92.4 Å². The lowest BCUT2D eigenvalue weighted by atomic mass is 9.97. The van der Waals surface area contributed by atoms with Crippen LogP contribution in [0.3, 0.4) is 0 Å². The fourth-order valence-electron chi connectivity index (χ4n) is 7.11. The van der Waals surface area contributed by atoms with Crippen molar-refractivity contribution in [3.8, 4) is 11.1 Å². The third-order valence-electron chi connectivity index (χ3n) is 9.96. The van der Waals surface area contributed by atoms with Crippen LogP contribution in [0, 0.1) is 0 Å². The van der Waals surface area contributed by atoms with Crippen molar-refractivity contribution < 1.29 is 38.7 Å². The monoisotopic (exact) mass is 686 g/mol. The van der Waals surface area contributed by atoms with Crippen LogP contribution in [-0.2, 0) is 41.7 Å². The number of aliphatic hydroxyl groups is 1. The molecule has 3 atom stereocenters. The summed E-state index contributed by atoms with van der Waals surface area (Å²) in [6.45, 7) is 4.35. The van der Waals surface area contributed by atoms with E-state index in [4.69, 9.17) is 24.1 Å². The van der Waals surface area contributed by atoms with Crippen molar-refractivity contribution in [2.45, 2.75) is 95.2 Å². The predicted octanol–water partition coefficient (Wildman–Crippen LogP) is 6.27. The van der Waals surface area contributed by atoms with E-state index in [1.807, 2.05) is 48.5 Å². The zero-order valence-electron chi connectivity index (χ0n) is 28.8. The van der Waals surface area contributed by atoms with Crippen LogP contribution in [0.25, 0.3) is 11.1 Å². The molecule has 3 fully saturated rings. The molecule has 1 spiro atoms. The van der Waals surface area contributed by atoms with Crippen molar-refractivity contribution in [1.82, 2.24) is 10.2 Å². The van der Waals surface area contributed by atoms with Crippen LogP contribution >= 0.6 is 0 Å². The molecule has 0 saturated carbocycles. The minimum absolute atomic E-state index is 0.00148. The number of nitrogens with one attached hydrogen (secondary N) is 1. The van der Waals surface area contributed by atoms with Gasteiger partial charge in [0.2, 0.25) is 5.91 Å². The smallest absolute Gasteiger partial charge is 0.303 e. The first-order valence-electron chi connectivity index (χ1n) is 18.1. The molecule has 10 heteroatoms. The lowest BCUT2D eigenvalue weighted by Crippen LogP contribution is -2.48. The van der Waals surface area contributed by atoms with Crippen molar-refractivity contribution >= 4 is 11.9 Å². The van der Waals surface area contributed by atoms with Crippen LogP contribution < -0.4 is 5.32 Å². The maximum Gasteiger partial charge on any atom is 0.303 e. The summed E-state index contributed by atoms with van der Waals surface area (Å²) in [4.78, 5) is 25.5. The van der Waals surface area contributed by atoms with Crippen LogP contribution in [0.2, 0.25) is 0 Å². The van der Waals surface area contributed by atoms with Crippen molar-refractivity contribution in [3.63, 3.8) is 0 Å². The second-order valence-corrected chi connectivity index (χ2v) is 13.7. The van der Waals surface area contributed by atoms with Gasteiger partial charge in [0.25, 0.3) is 0 Å². The quantitative estimate of drug-likeness (QED) is 0.159. The van der Waals surface area contributed by atoms with Gasteiger partial charge in [-0.05, 0) is 52.8 Å². The largest absolute Gasteiger partial charge is 0.481 e. The molecule has 0 radical (unpaired) electrons. The number of piperidine rings is 1.